The minimum Gasteiger partial charge on any atom is -0.460 e. The number of fused-ring (bicyclic) bond motifs is 1. The molecule has 2 aromatic heterocycles. The number of hydrogen-bond donors (Lipinski definition) is 1. The normalized spacial score (nSPS) is 11.3. The summed E-state index contributed by atoms with van der Waals surface area (Å²) in [5.41, 5.74) is 6.20. The molecule has 1 N–H and O–H groups in total. The van der Waals surface area contributed by atoms with Gasteiger partial charge < -0.3 is 13.6 Å². The Bertz CT molecular complexity index is 1050. The summed E-state index contributed by atoms with van der Waals surface area (Å²) in [6, 6.07) is 17.0. The molecule has 0 amide bonds. The number of aryl methyl sites for hydroxylation is 1. The van der Waals surface area contributed by atoms with Crippen LogP contribution >= 0.6 is 11.6 Å². The number of oxazole rings is 1. The molecule has 0 aliphatic heterocycles. The Morgan fingerprint density at radius 1 is 1.11 bits per heavy atom. The first-order valence-electron chi connectivity index (χ1n) is 8.30. The van der Waals surface area contributed by atoms with Gasteiger partial charge in [-0.3, -0.25) is 0 Å². The number of hydrazone groups is 1. The second-order valence-corrected chi connectivity index (χ2v) is 6.24. The van der Waals surface area contributed by atoms with Gasteiger partial charge in [0.2, 0.25) is 0 Å². The third-order valence-corrected chi connectivity index (χ3v) is 4.31. The van der Waals surface area contributed by atoms with E-state index >= 15 is 0 Å². The molecule has 0 bridgehead atoms. The molecule has 0 saturated heterocycles. The van der Waals surface area contributed by atoms with Crippen molar-refractivity contribution in [3.63, 3.8) is 0 Å². The quantitative estimate of drug-likeness (QED) is 0.357. The van der Waals surface area contributed by atoms with Crippen LogP contribution in [0.4, 0.5) is 6.01 Å². The molecule has 2 aromatic carbocycles. The van der Waals surface area contributed by atoms with E-state index < -0.39 is 0 Å². The summed E-state index contributed by atoms with van der Waals surface area (Å²) in [5.74, 6) is 0.919. The van der Waals surface area contributed by atoms with Crippen LogP contribution in [0.2, 0.25) is 5.02 Å². The van der Waals surface area contributed by atoms with Gasteiger partial charge >= 0.3 is 6.01 Å². The Kier molecular flexibility index (Phi) is 4.80. The third-order valence-electron chi connectivity index (χ3n) is 3.96. The van der Waals surface area contributed by atoms with Crippen molar-refractivity contribution in [2.45, 2.75) is 13.5 Å². The molecule has 7 heteroatoms. The lowest BCUT2D eigenvalue weighted by Crippen LogP contribution is -1.98. The van der Waals surface area contributed by atoms with E-state index in [2.05, 4.69) is 15.5 Å². The lowest BCUT2D eigenvalue weighted by molar-refractivity contribution is 0.231. The molecule has 2 heterocycles. The average Bonchev–Trinajstić information content (AvgIpc) is 3.27. The first-order valence-corrected chi connectivity index (χ1v) is 8.68. The molecule has 0 radical (unpaired) electrons. The molecular weight excluding hydrogens is 366 g/mol. The highest BCUT2D eigenvalue weighted by molar-refractivity contribution is 6.31. The smallest absolute Gasteiger partial charge is 0.316 e. The fourth-order valence-electron chi connectivity index (χ4n) is 2.55. The number of hydrogen-bond acceptors (Lipinski definition) is 6. The van der Waals surface area contributed by atoms with Crippen LogP contribution in [0.25, 0.3) is 11.1 Å². The van der Waals surface area contributed by atoms with E-state index in [1.54, 1.807) is 12.1 Å². The number of rotatable bonds is 6. The molecule has 6 nitrogen and oxygen atoms in total. The van der Waals surface area contributed by atoms with E-state index in [-0.39, 0.29) is 0 Å². The van der Waals surface area contributed by atoms with Gasteiger partial charge in [0.25, 0.3) is 5.95 Å². The summed E-state index contributed by atoms with van der Waals surface area (Å²) in [4.78, 5) is 4.27. The highest BCUT2D eigenvalue weighted by atomic mass is 35.5. The van der Waals surface area contributed by atoms with E-state index in [1.807, 2.05) is 49.4 Å². The molecule has 0 aliphatic rings. The van der Waals surface area contributed by atoms with E-state index in [1.165, 1.54) is 6.21 Å². The SMILES string of the molecule is Cc1cccc(Cl)c1COc1ccc(/C=N\Nc2nc3ccccc3o2)o1. The zero-order chi connectivity index (χ0) is 18.6. The van der Waals surface area contributed by atoms with Crippen LogP contribution in [0, 0.1) is 6.92 Å². The standard InChI is InChI=1S/C20H16ClN3O3/c1-13-5-4-6-16(21)15(13)12-25-19-10-9-14(26-19)11-22-24-20-23-17-7-2-3-8-18(17)27-20/h2-11H,12H2,1H3,(H,23,24)/b22-11-. The summed E-state index contributed by atoms with van der Waals surface area (Å²) in [6.45, 7) is 2.32. The zero-order valence-corrected chi connectivity index (χ0v) is 15.2. The van der Waals surface area contributed by atoms with Gasteiger partial charge in [-0.2, -0.15) is 10.1 Å². The van der Waals surface area contributed by atoms with Crippen molar-refractivity contribution in [1.29, 1.82) is 0 Å². The van der Waals surface area contributed by atoms with Gasteiger partial charge in [-0.15, -0.1) is 0 Å². The zero-order valence-electron chi connectivity index (χ0n) is 14.5. The Hall–Kier alpha value is -3.25. The summed E-state index contributed by atoms with van der Waals surface area (Å²) in [7, 11) is 0. The van der Waals surface area contributed by atoms with E-state index in [9.17, 15) is 0 Å². The molecule has 0 saturated carbocycles. The number of para-hydroxylation sites is 2. The van der Waals surface area contributed by atoms with Gasteiger partial charge in [0.15, 0.2) is 11.3 Å². The molecule has 0 unspecified atom stereocenters. The Labute approximate surface area is 160 Å². The molecule has 0 atom stereocenters. The third kappa shape index (κ3) is 3.96. The van der Waals surface area contributed by atoms with Crippen LogP contribution in [0.1, 0.15) is 16.9 Å². The maximum atomic E-state index is 6.20. The van der Waals surface area contributed by atoms with Crippen molar-refractivity contribution in [2.75, 3.05) is 5.43 Å². The number of furan rings is 1. The highest BCUT2D eigenvalue weighted by Gasteiger charge is 2.07. The molecule has 0 aliphatic carbocycles. The van der Waals surface area contributed by atoms with Crippen LogP contribution in [-0.2, 0) is 6.61 Å². The van der Waals surface area contributed by atoms with Crippen LogP contribution in [0.3, 0.4) is 0 Å². The largest absolute Gasteiger partial charge is 0.460 e. The number of anilines is 1. The molecule has 4 rings (SSSR count). The fraction of sp³-hybridized carbons (Fsp3) is 0.100. The molecule has 27 heavy (non-hydrogen) atoms. The van der Waals surface area contributed by atoms with Crippen molar-refractivity contribution < 1.29 is 13.6 Å². The average molecular weight is 382 g/mol. The second kappa shape index (κ2) is 7.55. The minimum absolute atomic E-state index is 0.310. The van der Waals surface area contributed by atoms with Gasteiger partial charge in [0.05, 0.1) is 6.21 Å². The minimum atomic E-state index is 0.310. The molecule has 0 fully saturated rings. The predicted molar refractivity (Wildman–Crippen MR) is 104 cm³/mol. The monoisotopic (exact) mass is 381 g/mol. The lowest BCUT2D eigenvalue weighted by atomic mass is 10.1. The fourth-order valence-corrected chi connectivity index (χ4v) is 2.82. The summed E-state index contributed by atoms with van der Waals surface area (Å²) < 4.78 is 16.8. The van der Waals surface area contributed by atoms with Crippen molar-refractivity contribution in [2.24, 2.45) is 5.10 Å². The number of ether oxygens (including phenoxy) is 1. The molecule has 136 valence electrons. The van der Waals surface area contributed by atoms with Crippen molar-refractivity contribution in [3.8, 4) is 5.95 Å². The molecule has 4 aromatic rings. The van der Waals surface area contributed by atoms with Gasteiger partial charge in [0, 0.05) is 16.7 Å². The second-order valence-electron chi connectivity index (χ2n) is 5.84. The number of benzene rings is 2. The number of halogens is 1. The van der Waals surface area contributed by atoms with Crippen molar-refractivity contribution in [3.05, 3.63) is 76.5 Å². The lowest BCUT2D eigenvalue weighted by Gasteiger charge is -2.08. The summed E-state index contributed by atoms with van der Waals surface area (Å²) >= 11 is 6.20. The Balaban J connectivity index is 1.37. The molecule has 0 spiro atoms. The van der Waals surface area contributed by atoms with Gasteiger partial charge in [-0.25, -0.2) is 5.43 Å². The van der Waals surface area contributed by atoms with Gasteiger partial charge in [-0.05, 0) is 36.8 Å². The van der Waals surface area contributed by atoms with Crippen LogP contribution in [0.15, 0.2) is 68.5 Å². The van der Waals surface area contributed by atoms with E-state index in [4.69, 9.17) is 25.2 Å². The van der Waals surface area contributed by atoms with E-state index in [0.717, 1.165) is 16.6 Å². The Morgan fingerprint density at radius 2 is 2.00 bits per heavy atom. The Morgan fingerprint density at radius 3 is 2.85 bits per heavy atom. The highest BCUT2D eigenvalue weighted by Crippen LogP contribution is 2.23. The van der Waals surface area contributed by atoms with Gasteiger partial charge in [-0.1, -0.05) is 35.9 Å². The van der Waals surface area contributed by atoms with Crippen LogP contribution in [-0.4, -0.2) is 11.2 Å². The topological polar surface area (TPSA) is 72.8 Å². The first-order chi connectivity index (χ1) is 13.2. The van der Waals surface area contributed by atoms with E-state index in [0.29, 0.717) is 34.9 Å². The number of aromatic nitrogens is 1. The number of nitrogens with zero attached hydrogens (tertiary/aromatic N) is 2. The van der Waals surface area contributed by atoms with Crippen LogP contribution < -0.4 is 10.2 Å². The molecular formula is C20H16ClN3O3. The summed E-state index contributed by atoms with van der Waals surface area (Å²) in [5, 5.41) is 4.74. The predicted octanol–water partition coefficient (Wildman–Crippen LogP) is 5.41. The maximum absolute atomic E-state index is 6.20. The van der Waals surface area contributed by atoms with Crippen LogP contribution in [0.5, 0.6) is 5.95 Å². The maximum Gasteiger partial charge on any atom is 0.316 e. The summed E-state index contributed by atoms with van der Waals surface area (Å²) in [6.07, 6.45) is 1.52. The number of nitrogens with one attached hydrogen (secondary N) is 1. The van der Waals surface area contributed by atoms with Crippen molar-refractivity contribution >= 4 is 34.9 Å². The van der Waals surface area contributed by atoms with Gasteiger partial charge in [0.1, 0.15) is 12.1 Å². The van der Waals surface area contributed by atoms with Crippen molar-refractivity contribution in [1.82, 2.24) is 4.98 Å². The first kappa shape index (κ1) is 17.2.